The number of hydrogen-bond acceptors (Lipinski definition) is 4. The number of anilines is 1. The maximum atomic E-state index is 11.6. The van der Waals surface area contributed by atoms with Crippen LogP contribution in [0, 0.1) is 0 Å². The van der Waals surface area contributed by atoms with Gasteiger partial charge < -0.3 is 20.1 Å². The fourth-order valence-electron chi connectivity index (χ4n) is 1.61. The number of carbonyl (C=O) groups is 1. The van der Waals surface area contributed by atoms with Gasteiger partial charge in [-0.15, -0.1) is 0 Å². The summed E-state index contributed by atoms with van der Waals surface area (Å²) in [5, 5.41) is 6.01. The number of amides is 1. The molecule has 5 nitrogen and oxygen atoms in total. The molecule has 1 aromatic carbocycles. The van der Waals surface area contributed by atoms with E-state index >= 15 is 0 Å². The molecule has 0 unspecified atom stereocenters. The van der Waals surface area contributed by atoms with Crippen LogP contribution in [0.1, 0.15) is 12.8 Å². The van der Waals surface area contributed by atoms with Gasteiger partial charge in [-0.3, -0.25) is 4.79 Å². The zero-order valence-corrected chi connectivity index (χ0v) is 11.1. The Morgan fingerprint density at radius 3 is 2.63 bits per heavy atom. The molecule has 0 aromatic heterocycles. The molecule has 19 heavy (non-hydrogen) atoms. The quantitative estimate of drug-likeness (QED) is 0.697. The number of benzene rings is 1. The van der Waals surface area contributed by atoms with Crippen LogP contribution in [0.4, 0.5) is 5.69 Å². The lowest BCUT2D eigenvalue weighted by molar-refractivity contribution is -0.115. The molecular formula is C14H20N2O3. The van der Waals surface area contributed by atoms with E-state index in [0.29, 0.717) is 25.8 Å². The van der Waals surface area contributed by atoms with Crippen LogP contribution in [0.3, 0.4) is 0 Å². The number of rotatable bonds is 8. The molecule has 0 aliphatic heterocycles. The third-order valence-corrected chi connectivity index (χ3v) is 2.82. The minimum absolute atomic E-state index is 0.0139. The molecule has 1 amide bonds. The number of hydrogen-bond donors (Lipinski definition) is 2. The predicted octanol–water partition coefficient (Wildman–Crippen LogP) is 1.40. The highest BCUT2D eigenvalue weighted by Crippen LogP contribution is 2.18. The molecule has 104 valence electrons. The molecule has 0 heterocycles. The second-order valence-corrected chi connectivity index (χ2v) is 4.57. The van der Waals surface area contributed by atoms with Gasteiger partial charge in [-0.05, 0) is 37.1 Å². The van der Waals surface area contributed by atoms with Crippen molar-refractivity contribution in [3.63, 3.8) is 0 Å². The summed E-state index contributed by atoms with van der Waals surface area (Å²) in [6.07, 6.45) is 2.36. The van der Waals surface area contributed by atoms with E-state index in [0.717, 1.165) is 11.4 Å². The van der Waals surface area contributed by atoms with Gasteiger partial charge >= 0.3 is 0 Å². The minimum Gasteiger partial charge on any atom is -0.491 e. The average molecular weight is 264 g/mol. The van der Waals surface area contributed by atoms with E-state index in [9.17, 15) is 4.79 Å². The Morgan fingerprint density at radius 2 is 2.00 bits per heavy atom. The molecule has 2 rings (SSSR count). The van der Waals surface area contributed by atoms with Crippen molar-refractivity contribution in [1.29, 1.82) is 0 Å². The topological polar surface area (TPSA) is 59.6 Å². The first-order chi connectivity index (χ1) is 9.28. The van der Waals surface area contributed by atoms with Crippen LogP contribution < -0.4 is 15.4 Å². The maximum absolute atomic E-state index is 11.6. The zero-order chi connectivity index (χ0) is 13.5. The Balaban J connectivity index is 1.72. The van der Waals surface area contributed by atoms with Gasteiger partial charge in [-0.1, -0.05) is 0 Å². The molecule has 1 saturated carbocycles. The monoisotopic (exact) mass is 264 g/mol. The molecular weight excluding hydrogens is 244 g/mol. The van der Waals surface area contributed by atoms with Crippen LogP contribution in [-0.2, 0) is 9.53 Å². The average Bonchev–Trinajstić information content (AvgIpc) is 3.23. The SMILES string of the molecule is COCCOc1ccc(NC(=O)CNC2CC2)cc1. The standard InChI is InChI=1S/C14H20N2O3/c1-18-8-9-19-13-6-4-12(5-7-13)16-14(17)10-15-11-2-3-11/h4-7,11,15H,2-3,8-10H2,1H3,(H,16,17). The van der Waals surface area contributed by atoms with Crippen LogP contribution in [0.25, 0.3) is 0 Å². The molecule has 0 saturated heterocycles. The Morgan fingerprint density at radius 1 is 1.26 bits per heavy atom. The van der Waals surface area contributed by atoms with E-state index < -0.39 is 0 Å². The van der Waals surface area contributed by atoms with Crippen molar-refractivity contribution in [3.05, 3.63) is 24.3 Å². The van der Waals surface area contributed by atoms with E-state index in [1.807, 2.05) is 24.3 Å². The molecule has 0 spiro atoms. The van der Waals surface area contributed by atoms with Gasteiger partial charge in [-0.25, -0.2) is 0 Å². The molecule has 0 bridgehead atoms. The summed E-state index contributed by atoms with van der Waals surface area (Å²) in [7, 11) is 1.64. The van der Waals surface area contributed by atoms with Gasteiger partial charge in [0, 0.05) is 18.8 Å². The minimum atomic E-state index is -0.0139. The van der Waals surface area contributed by atoms with Crippen molar-refractivity contribution < 1.29 is 14.3 Å². The van der Waals surface area contributed by atoms with Gasteiger partial charge in [0.1, 0.15) is 12.4 Å². The van der Waals surface area contributed by atoms with Crippen molar-refractivity contribution in [2.45, 2.75) is 18.9 Å². The third-order valence-electron chi connectivity index (χ3n) is 2.82. The van der Waals surface area contributed by atoms with Crippen LogP contribution in [0.15, 0.2) is 24.3 Å². The van der Waals surface area contributed by atoms with Crippen molar-refractivity contribution >= 4 is 11.6 Å². The van der Waals surface area contributed by atoms with Crippen LogP contribution >= 0.6 is 0 Å². The molecule has 5 heteroatoms. The molecule has 1 aliphatic rings. The van der Waals surface area contributed by atoms with Crippen LogP contribution in [-0.4, -0.2) is 38.8 Å². The summed E-state index contributed by atoms with van der Waals surface area (Å²) in [5.74, 6) is 0.756. The highest BCUT2D eigenvalue weighted by atomic mass is 16.5. The summed E-state index contributed by atoms with van der Waals surface area (Å²) in [5.41, 5.74) is 0.779. The van der Waals surface area contributed by atoms with Crippen LogP contribution in [0.5, 0.6) is 5.75 Å². The zero-order valence-electron chi connectivity index (χ0n) is 11.1. The maximum Gasteiger partial charge on any atom is 0.238 e. The molecule has 2 N–H and O–H groups in total. The first-order valence-electron chi connectivity index (χ1n) is 6.53. The van der Waals surface area contributed by atoms with E-state index in [2.05, 4.69) is 10.6 Å². The smallest absolute Gasteiger partial charge is 0.238 e. The highest BCUT2D eigenvalue weighted by molar-refractivity contribution is 5.92. The fraction of sp³-hybridized carbons (Fsp3) is 0.500. The lowest BCUT2D eigenvalue weighted by atomic mass is 10.3. The van der Waals surface area contributed by atoms with E-state index in [-0.39, 0.29) is 5.91 Å². The van der Waals surface area contributed by atoms with Crippen LogP contribution in [0.2, 0.25) is 0 Å². The van der Waals surface area contributed by atoms with E-state index in [1.165, 1.54) is 12.8 Å². The van der Waals surface area contributed by atoms with Gasteiger partial charge in [0.2, 0.25) is 5.91 Å². The van der Waals surface area contributed by atoms with Gasteiger partial charge in [0.15, 0.2) is 0 Å². The van der Waals surface area contributed by atoms with Crippen molar-refractivity contribution in [2.75, 3.05) is 32.2 Å². The number of nitrogens with one attached hydrogen (secondary N) is 2. The van der Waals surface area contributed by atoms with E-state index in [4.69, 9.17) is 9.47 Å². The summed E-state index contributed by atoms with van der Waals surface area (Å²) >= 11 is 0. The molecule has 0 radical (unpaired) electrons. The largest absolute Gasteiger partial charge is 0.491 e. The van der Waals surface area contributed by atoms with Gasteiger partial charge in [0.25, 0.3) is 0 Å². The molecule has 1 aromatic rings. The highest BCUT2D eigenvalue weighted by Gasteiger charge is 2.21. The second kappa shape index (κ2) is 7.11. The predicted molar refractivity (Wildman–Crippen MR) is 73.5 cm³/mol. The van der Waals surface area contributed by atoms with Crippen molar-refractivity contribution in [2.24, 2.45) is 0 Å². The van der Waals surface area contributed by atoms with E-state index in [1.54, 1.807) is 7.11 Å². The molecule has 1 fully saturated rings. The lowest BCUT2D eigenvalue weighted by Gasteiger charge is -2.08. The summed E-state index contributed by atoms with van der Waals surface area (Å²) in [6, 6.07) is 7.87. The third kappa shape index (κ3) is 5.28. The van der Waals surface area contributed by atoms with Crippen molar-refractivity contribution in [3.8, 4) is 5.75 Å². The Kier molecular flexibility index (Phi) is 5.18. The summed E-state index contributed by atoms with van der Waals surface area (Å²) in [6.45, 7) is 1.45. The molecule has 1 aliphatic carbocycles. The molecule has 0 atom stereocenters. The first-order valence-corrected chi connectivity index (χ1v) is 6.53. The fourth-order valence-corrected chi connectivity index (χ4v) is 1.61. The second-order valence-electron chi connectivity index (χ2n) is 4.57. The first kappa shape index (κ1) is 13.8. The lowest BCUT2D eigenvalue weighted by Crippen LogP contribution is -2.29. The normalized spacial score (nSPS) is 14.2. The Hall–Kier alpha value is -1.59. The number of ether oxygens (including phenoxy) is 2. The Bertz CT molecular complexity index is 402. The Labute approximate surface area is 113 Å². The van der Waals surface area contributed by atoms with Gasteiger partial charge in [-0.2, -0.15) is 0 Å². The van der Waals surface area contributed by atoms with Gasteiger partial charge in [0.05, 0.1) is 13.2 Å². The summed E-state index contributed by atoms with van der Waals surface area (Å²) in [4.78, 5) is 11.6. The number of methoxy groups -OCH3 is 1. The van der Waals surface area contributed by atoms with Crippen molar-refractivity contribution in [1.82, 2.24) is 5.32 Å². The summed E-state index contributed by atoms with van der Waals surface area (Å²) < 4.78 is 10.3. The number of carbonyl (C=O) groups excluding carboxylic acids is 1.